The van der Waals surface area contributed by atoms with Gasteiger partial charge in [-0.1, -0.05) is 54.6 Å². The molecule has 0 aliphatic carbocycles. The Morgan fingerprint density at radius 2 is 1.54 bits per heavy atom. The van der Waals surface area contributed by atoms with Crippen LogP contribution in [0.1, 0.15) is 15.9 Å². The molecule has 2 N–H and O–H groups in total. The molecule has 0 heterocycles. The summed E-state index contributed by atoms with van der Waals surface area (Å²) in [5.41, 5.74) is 2.46. The molecule has 8 nitrogen and oxygen atoms in total. The monoisotopic (exact) mass is 565 g/mol. The van der Waals surface area contributed by atoms with Crippen molar-refractivity contribution in [1.29, 1.82) is 0 Å². The summed E-state index contributed by atoms with van der Waals surface area (Å²) in [5.74, 6) is 0.223. The summed E-state index contributed by atoms with van der Waals surface area (Å²) in [4.78, 5) is 23.2. The fourth-order valence-electron chi connectivity index (χ4n) is 3.70. The van der Waals surface area contributed by atoms with Crippen LogP contribution in [0.15, 0.2) is 102 Å². The van der Waals surface area contributed by atoms with Crippen LogP contribution in [0, 0.1) is 15.9 Å². The van der Waals surface area contributed by atoms with Crippen LogP contribution >= 0.6 is 11.8 Å². The molecule has 0 fully saturated rings. The summed E-state index contributed by atoms with van der Waals surface area (Å²) in [5, 5.41) is 14.6. The highest BCUT2D eigenvalue weighted by Gasteiger charge is 2.23. The molecule has 0 bridgehead atoms. The van der Waals surface area contributed by atoms with E-state index in [-0.39, 0.29) is 17.1 Å². The second-order valence-electron chi connectivity index (χ2n) is 8.42. The highest BCUT2D eigenvalue weighted by Crippen LogP contribution is 2.28. The van der Waals surface area contributed by atoms with Crippen molar-refractivity contribution in [2.24, 2.45) is 0 Å². The number of rotatable bonds is 11. The van der Waals surface area contributed by atoms with E-state index in [9.17, 15) is 27.7 Å². The SMILES string of the molecule is O=C(NS(=O)(=O)c1ccc(NCCSCc2ccccc2)c([N+](=O)[O-])c1)c1ccc(-c2ccc(F)cc2)cc1. The number of nitro groups is 1. The minimum atomic E-state index is -4.38. The number of nitrogens with one attached hydrogen (secondary N) is 2. The standard InChI is InChI=1S/C28H24FN3O5S2/c29-24-12-10-22(11-13-24)21-6-8-23(9-7-21)28(33)31-39(36,37)25-14-15-26(27(18-25)32(34)35)30-16-17-38-19-20-4-2-1-3-5-20/h1-15,18,30H,16-17,19H2,(H,31,33). The Morgan fingerprint density at radius 3 is 2.18 bits per heavy atom. The van der Waals surface area contributed by atoms with E-state index >= 15 is 0 Å². The molecule has 1 amide bonds. The number of nitro benzene ring substituents is 1. The number of thioether (sulfide) groups is 1. The van der Waals surface area contributed by atoms with Crippen molar-refractivity contribution in [3.05, 3.63) is 124 Å². The van der Waals surface area contributed by atoms with Crippen LogP contribution in [0.2, 0.25) is 0 Å². The van der Waals surface area contributed by atoms with Crippen LogP contribution in [0.5, 0.6) is 0 Å². The van der Waals surface area contributed by atoms with Gasteiger partial charge in [-0.25, -0.2) is 17.5 Å². The molecule has 0 saturated heterocycles. The molecule has 0 aliphatic rings. The molecule has 200 valence electrons. The lowest BCUT2D eigenvalue weighted by molar-refractivity contribution is -0.384. The maximum absolute atomic E-state index is 13.1. The molecular formula is C28H24FN3O5S2. The van der Waals surface area contributed by atoms with E-state index in [1.54, 1.807) is 36.0 Å². The first-order valence-electron chi connectivity index (χ1n) is 11.8. The quantitative estimate of drug-likeness (QED) is 0.133. The second kappa shape index (κ2) is 12.5. The fourth-order valence-corrected chi connectivity index (χ4v) is 5.51. The predicted molar refractivity (Wildman–Crippen MR) is 151 cm³/mol. The van der Waals surface area contributed by atoms with Crippen LogP contribution in [0.3, 0.4) is 0 Å². The fraction of sp³-hybridized carbons (Fsp3) is 0.107. The predicted octanol–water partition coefficient (Wildman–Crippen LogP) is 5.86. The van der Waals surface area contributed by atoms with E-state index < -0.39 is 31.4 Å². The maximum atomic E-state index is 13.1. The number of benzene rings is 4. The van der Waals surface area contributed by atoms with Gasteiger partial charge in [0.25, 0.3) is 21.6 Å². The van der Waals surface area contributed by atoms with Crippen LogP contribution in [-0.2, 0) is 15.8 Å². The van der Waals surface area contributed by atoms with Crippen molar-refractivity contribution in [3.8, 4) is 11.1 Å². The second-order valence-corrected chi connectivity index (χ2v) is 11.2. The Kier molecular flexibility index (Phi) is 8.95. The van der Waals surface area contributed by atoms with Crippen LogP contribution in [-0.4, -0.2) is 31.5 Å². The summed E-state index contributed by atoms with van der Waals surface area (Å²) >= 11 is 1.66. The lowest BCUT2D eigenvalue weighted by atomic mass is 10.0. The van der Waals surface area contributed by atoms with Gasteiger partial charge in [-0.2, -0.15) is 11.8 Å². The summed E-state index contributed by atoms with van der Waals surface area (Å²) < 4.78 is 40.8. The van der Waals surface area contributed by atoms with Gasteiger partial charge in [-0.05, 0) is 53.1 Å². The van der Waals surface area contributed by atoms with E-state index in [1.165, 1.54) is 42.0 Å². The smallest absolute Gasteiger partial charge is 0.293 e. The van der Waals surface area contributed by atoms with Crippen LogP contribution in [0.4, 0.5) is 15.8 Å². The average molecular weight is 566 g/mol. The lowest BCUT2D eigenvalue weighted by Gasteiger charge is -2.11. The van der Waals surface area contributed by atoms with E-state index in [0.29, 0.717) is 17.9 Å². The third-order valence-electron chi connectivity index (χ3n) is 5.70. The van der Waals surface area contributed by atoms with Crippen molar-refractivity contribution in [1.82, 2.24) is 4.72 Å². The summed E-state index contributed by atoms with van der Waals surface area (Å²) in [6, 6.07) is 25.2. The third kappa shape index (κ3) is 7.43. The van der Waals surface area contributed by atoms with E-state index in [4.69, 9.17) is 0 Å². The number of halogens is 1. The molecule has 0 aromatic heterocycles. The number of anilines is 1. The average Bonchev–Trinajstić information content (AvgIpc) is 2.93. The summed E-state index contributed by atoms with van der Waals surface area (Å²) in [6.07, 6.45) is 0. The zero-order chi connectivity index (χ0) is 27.8. The largest absolute Gasteiger partial charge is 0.379 e. The first-order chi connectivity index (χ1) is 18.7. The van der Waals surface area contributed by atoms with Crippen molar-refractivity contribution in [2.75, 3.05) is 17.6 Å². The first-order valence-corrected chi connectivity index (χ1v) is 14.4. The summed E-state index contributed by atoms with van der Waals surface area (Å²) in [7, 11) is -4.38. The van der Waals surface area contributed by atoms with Gasteiger partial charge in [0.1, 0.15) is 11.5 Å². The van der Waals surface area contributed by atoms with Gasteiger partial charge in [0.2, 0.25) is 0 Å². The number of carbonyl (C=O) groups is 1. The Balaban J connectivity index is 1.39. The summed E-state index contributed by atoms with van der Waals surface area (Å²) in [6.45, 7) is 0.440. The van der Waals surface area contributed by atoms with Gasteiger partial charge in [0.05, 0.1) is 9.82 Å². The highest BCUT2D eigenvalue weighted by atomic mass is 32.2. The Morgan fingerprint density at radius 1 is 0.897 bits per heavy atom. The van der Waals surface area contributed by atoms with Crippen molar-refractivity contribution >= 4 is 39.1 Å². The van der Waals surface area contributed by atoms with Gasteiger partial charge in [-0.15, -0.1) is 0 Å². The van der Waals surface area contributed by atoms with Crippen molar-refractivity contribution in [3.63, 3.8) is 0 Å². The topological polar surface area (TPSA) is 118 Å². The van der Waals surface area contributed by atoms with Crippen LogP contribution in [0.25, 0.3) is 11.1 Å². The van der Waals surface area contributed by atoms with Gasteiger partial charge >= 0.3 is 0 Å². The molecular weight excluding hydrogens is 541 g/mol. The lowest BCUT2D eigenvalue weighted by Crippen LogP contribution is -2.30. The van der Waals surface area contributed by atoms with E-state index in [1.807, 2.05) is 35.1 Å². The molecule has 0 atom stereocenters. The first kappa shape index (κ1) is 27.8. The molecule has 0 spiro atoms. The molecule has 0 aliphatic heterocycles. The van der Waals surface area contributed by atoms with Gasteiger partial charge < -0.3 is 5.32 Å². The van der Waals surface area contributed by atoms with Gasteiger partial charge in [0, 0.05) is 29.7 Å². The minimum Gasteiger partial charge on any atom is -0.379 e. The van der Waals surface area contributed by atoms with Crippen LogP contribution < -0.4 is 10.0 Å². The van der Waals surface area contributed by atoms with Crippen molar-refractivity contribution in [2.45, 2.75) is 10.6 Å². The molecule has 0 unspecified atom stereocenters. The minimum absolute atomic E-state index is 0.0743. The molecule has 4 aromatic carbocycles. The number of sulfonamides is 1. The molecule has 0 saturated carbocycles. The molecule has 39 heavy (non-hydrogen) atoms. The van der Waals surface area contributed by atoms with E-state index in [0.717, 1.165) is 17.4 Å². The molecule has 0 radical (unpaired) electrons. The highest BCUT2D eigenvalue weighted by molar-refractivity contribution is 7.98. The number of nitrogens with zero attached hydrogens (tertiary/aromatic N) is 1. The van der Waals surface area contributed by atoms with Gasteiger partial charge in [-0.3, -0.25) is 14.9 Å². The maximum Gasteiger partial charge on any atom is 0.293 e. The number of hydrogen-bond donors (Lipinski definition) is 2. The Bertz CT molecular complexity index is 1560. The zero-order valence-corrected chi connectivity index (χ0v) is 22.2. The molecule has 11 heteroatoms. The number of carbonyl (C=O) groups excluding carboxylic acids is 1. The Hall–Kier alpha value is -4.22. The third-order valence-corrected chi connectivity index (χ3v) is 8.06. The number of hydrogen-bond acceptors (Lipinski definition) is 7. The van der Waals surface area contributed by atoms with Crippen molar-refractivity contribution < 1.29 is 22.5 Å². The molecule has 4 rings (SSSR count). The molecule has 4 aromatic rings. The van der Waals surface area contributed by atoms with E-state index in [2.05, 4.69) is 5.32 Å². The normalized spacial score (nSPS) is 11.1. The number of amides is 1. The van der Waals surface area contributed by atoms with Gasteiger partial charge in [0.15, 0.2) is 0 Å². The Labute approximate surface area is 229 Å². The zero-order valence-electron chi connectivity index (χ0n) is 20.5.